The van der Waals surface area contributed by atoms with Crippen LogP contribution in [0.3, 0.4) is 0 Å². The summed E-state index contributed by atoms with van der Waals surface area (Å²) < 4.78 is 30.7. The molecule has 0 aliphatic rings. The van der Waals surface area contributed by atoms with E-state index in [0.29, 0.717) is 5.75 Å². The molecule has 14 heavy (non-hydrogen) atoms. The van der Waals surface area contributed by atoms with Gasteiger partial charge >= 0.3 is 0 Å². The maximum Gasteiger partial charge on any atom is 0.162 e. The predicted octanol–water partition coefficient (Wildman–Crippen LogP) is 3.52. The Bertz CT molecular complexity index is 304. The first-order valence-corrected chi connectivity index (χ1v) is 5.43. The fraction of sp³-hybridized carbons (Fsp3) is 0.400. The van der Waals surface area contributed by atoms with Crippen LogP contribution in [0.15, 0.2) is 18.2 Å². The van der Waals surface area contributed by atoms with Crippen LogP contribution in [0.2, 0.25) is 0 Å². The first kappa shape index (κ1) is 11.4. The predicted molar refractivity (Wildman–Crippen MR) is 54.9 cm³/mol. The second-order valence-electron chi connectivity index (χ2n) is 2.98. The lowest BCUT2D eigenvalue weighted by atomic mass is 10.3. The van der Waals surface area contributed by atoms with E-state index in [9.17, 15) is 8.78 Å². The molecule has 1 aromatic carbocycles. The van der Waals surface area contributed by atoms with Crippen molar-refractivity contribution in [2.24, 2.45) is 0 Å². The lowest BCUT2D eigenvalue weighted by Crippen LogP contribution is -2.12. The third-order valence-corrected chi connectivity index (χ3v) is 2.20. The van der Waals surface area contributed by atoms with Crippen molar-refractivity contribution in [2.45, 2.75) is 19.4 Å². The van der Waals surface area contributed by atoms with Crippen LogP contribution in [-0.2, 0) is 0 Å². The molecule has 0 radical (unpaired) electrons. The highest BCUT2D eigenvalue weighted by Gasteiger charge is 2.06. The SMILES string of the molecule is CC(CCBr)Oc1ccc(F)c(F)c1. The van der Waals surface area contributed by atoms with E-state index in [-0.39, 0.29) is 6.10 Å². The van der Waals surface area contributed by atoms with Gasteiger partial charge in [0.05, 0.1) is 6.10 Å². The minimum Gasteiger partial charge on any atom is -0.491 e. The van der Waals surface area contributed by atoms with Crippen LogP contribution in [0.5, 0.6) is 5.75 Å². The van der Waals surface area contributed by atoms with E-state index in [0.717, 1.165) is 23.9 Å². The number of halogens is 3. The lowest BCUT2D eigenvalue weighted by Gasteiger charge is -2.13. The van der Waals surface area contributed by atoms with E-state index in [1.807, 2.05) is 6.92 Å². The molecule has 0 N–H and O–H groups in total. The van der Waals surface area contributed by atoms with E-state index in [4.69, 9.17) is 4.74 Å². The van der Waals surface area contributed by atoms with Gasteiger partial charge in [0.1, 0.15) is 5.75 Å². The molecule has 0 bridgehead atoms. The Labute approximate surface area is 90.2 Å². The molecule has 0 saturated heterocycles. The summed E-state index contributed by atoms with van der Waals surface area (Å²) in [6, 6.07) is 3.54. The molecule has 4 heteroatoms. The van der Waals surface area contributed by atoms with Crippen LogP contribution in [0.1, 0.15) is 13.3 Å². The van der Waals surface area contributed by atoms with Gasteiger partial charge < -0.3 is 4.74 Å². The Morgan fingerprint density at radius 2 is 2.07 bits per heavy atom. The van der Waals surface area contributed by atoms with Crippen molar-refractivity contribution in [3.05, 3.63) is 29.8 Å². The molecule has 78 valence electrons. The summed E-state index contributed by atoms with van der Waals surface area (Å²) in [5, 5.41) is 0.817. The van der Waals surface area contributed by atoms with E-state index < -0.39 is 11.6 Å². The number of hydrogen-bond acceptors (Lipinski definition) is 1. The molecule has 1 aromatic rings. The van der Waals surface area contributed by atoms with Crippen molar-refractivity contribution >= 4 is 15.9 Å². The second kappa shape index (κ2) is 5.29. The summed E-state index contributed by atoms with van der Waals surface area (Å²) in [5.41, 5.74) is 0. The van der Waals surface area contributed by atoms with Crippen LogP contribution >= 0.6 is 15.9 Å². The largest absolute Gasteiger partial charge is 0.491 e. The van der Waals surface area contributed by atoms with Crippen LogP contribution < -0.4 is 4.74 Å². The highest BCUT2D eigenvalue weighted by atomic mass is 79.9. The number of alkyl halides is 1. The summed E-state index contributed by atoms with van der Waals surface area (Å²) in [4.78, 5) is 0. The molecule has 0 aromatic heterocycles. The third kappa shape index (κ3) is 3.25. The maximum atomic E-state index is 12.8. The van der Waals surface area contributed by atoms with Gasteiger partial charge in [-0.05, 0) is 25.5 Å². The summed E-state index contributed by atoms with van der Waals surface area (Å²) in [5.74, 6) is -1.38. The lowest BCUT2D eigenvalue weighted by molar-refractivity contribution is 0.217. The van der Waals surface area contributed by atoms with Gasteiger partial charge in [-0.25, -0.2) is 8.78 Å². The van der Waals surface area contributed by atoms with E-state index in [1.165, 1.54) is 6.07 Å². The Morgan fingerprint density at radius 3 is 2.64 bits per heavy atom. The Morgan fingerprint density at radius 1 is 1.36 bits per heavy atom. The molecule has 1 rings (SSSR count). The zero-order valence-electron chi connectivity index (χ0n) is 7.77. The average Bonchev–Trinajstić information content (AvgIpc) is 2.12. The Kier molecular flexibility index (Phi) is 4.32. The molecule has 0 spiro atoms. The van der Waals surface area contributed by atoms with E-state index in [1.54, 1.807) is 0 Å². The van der Waals surface area contributed by atoms with Crippen molar-refractivity contribution < 1.29 is 13.5 Å². The quantitative estimate of drug-likeness (QED) is 0.757. The molecule has 0 aliphatic heterocycles. The molecule has 1 unspecified atom stereocenters. The molecule has 1 nitrogen and oxygen atoms in total. The fourth-order valence-corrected chi connectivity index (χ4v) is 1.64. The first-order valence-electron chi connectivity index (χ1n) is 4.31. The van der Waals surface area contributed by atoms with Crippen molar-refractivity contribution in [2.75, 3.05) is 5.33 Å². The van der Waals surface area contributed by atoms with Crippen molar-refractivity contribution in [3.8, 4) is 5.75 Å². The fourth-order valence-electron chi connectivity index (χ4n) is 0.995. The van der Waals surface area contributed by atoms with E-state index in [2.05, 4.69) is 15.9 Å². The summed E-state index contributed by atoms with van der Waals surface area (Å²) in [6.45, 7) is 1.88. The topological polar surface area (TPSA) is 9.23 Å². The van der Waals surface area contributed by atoms with Gasteiger partial charge in [-0.1, -0.05) is 15.9 Å². The molecule has 0 saturated carbocycles. The monoisotopic (exact) mass is 264 g/mol. The number of ether oxygens (including phenoxy) is 1. The van der Waals surface area contributed by atoms with Crippen LogP contribution in [0.4, 0.5) is 8.78 Å². The maximum absolute atomic E-state index is 12.8. The van der Waals surface area contributed by atoms with Gasteiger partial charge in [0.2, 0.25) is 0 Å². The van der Waals surface area contributed by atoms with Gasteiger partial charge in [0, 0.05) is 11.4 Å². The number of rotatable bonds is 4. The van der Waals surface area contributed by atoms with Gasteiger partial charge in [-0.3, -0.25) is 0 Å². The number of hydrogen-bond donors (Lipinski definition) is 0. The molecule has 0 fully saturated rings. The molecular formula is C10H11BrF2O. The van der Waals surface area contributed by atoms with Gasteiger partial charge in [0.15, 0.2) is 11.6 Å². The smallest absolute Gasteiger partial charge is 0.162 e. The minimum absolute atomic E-state index is 0.0146. The van der Waals surface area contributed by atoms with Gasteiger partial charge in [-0.15, -0.1) is 0 Å². The Balaban J connectivity index is 2.63. The first-order chi connectivity index (χ1) is 6.63. The highest BCUT2D eigenvalue weighted by Crippen LogP contribution is 2.17. The summed E-state index contributed by atoms with van der Waals surface area (Å²) >= 11 is 3.28. The molecule has 0 heterocycles. The average molecular weight is 265 g/mol. The van der Waals surface area contributed by atoms with Crippen LogP contribution in [0.25, 0.3) is 0 Å². The second-order valence-corrected chi connectivity index (χ2v) is 3.78. The van der Waals surface area contributed by atoms with E-state index >= 15 is 0 Å². The zero-order valence-corrected chi connectivity index (χ0v) is 9.35. The minimum atomic E-state index is -0.881. The standard InChI is InChI=1S/C10H11BrF2O/c1-7(4-5-11)14-8-2-3-9(12)10(13)6-8/h2-3,6-7H,4-5H2,1H3. The normalized spacial score (nSPS) is 12.6. The highest BCUT2D eigenvalue weighted by molar-refractivity contribution is 9.09. The van der Waals surface area contributed by atoms with Crippen molar-refractivity contribution in [3.63, 3.8) is 0 Å². The van der Waals surface area contributed by atoms with Gasteiger partial charge in [-0.2, -0.15) is 0 Å². The zero-order chi connectivity index (χ0) is 10.6. The van der Waals surface area contributed by atoms with Gasteiger partial charge in [0.25, 0.3) is 0 Å². The summed E-state index contributed by atoms with van der Waals surface area (Å²) in [7, 11) is 0. The van der Waals surface area contributed by atoms with Crippen LogP contribution in [-0.4, -0.2) is 11.4 Å². The molecule has 0 amide bonds. The van der Waals surface area contributed by atoms with Crippen LogP contribution in [0, 0.1) is 11.6 Å². The Hall–Kier alpha value is -0.640. The van der Waals surface area contributed by atoms with Crippen molar-refractivity contribution in [1.29, 1.82) is 0 Å². The molecular weight excluding hydrogens is 254 g/mol. The van der Waals surface area contributed by atoms with Crippen molar-refractivity contribution in [1.82, 2.24) is 0 Å². The number of benzene rings is 1. The molecule has 0 aliphatic carbocycles. The summed E-state index contributed by atoms with van der Waals surface area (Å²) in [6.07, 6.45) is 0.804. The molecule has 1 atom stereocenters. The third-order valence-electron chi connectivity index (χ3n) is 1.74.